The average molecular weight is 253 g/mol. The van der Waals surface area contributed by atoms with E-state index in [0.717, 1.165) is 4.90 Å². The van der Waals surface area contributed by atoms with E-state index in [4.69, 9.17) is 5.11 Å². The summed E-state index contributed by atoms with van der Waals surface area (Å²) >= 11 is 0. The van der Waals surface area contributed by atoms with Gasteiger partial charge in [-0.3, -0.25) is 9.59 Å². The standard InChI is InChI=1S/C13H16FNO3/c1-3-6-15(8-12(16)17)13(18)10-5-4-9(2)7-11(10)14/h4-5,7H,3,6,8H2,1-2H3,(H,16,17). The molecule has 1 amide bonds. The van der Waals surface area contributed by atoms with Gasteiger partial charge in [0.25, 0.3) is 5.91 Å². The lowest BCUT2D eigenvalue weighted by Crippen LogP contribution is -2.36. The molecule has 0 saturated heterocycles. The maximum absolute atomic E-state index is 13.6. The second-order valence-corrected chi connectivity index (χ2v) is 4.10. The first kappa shape index (κ1) is 14.2. The van der Waals surface area contributed by atoms with Crippen LogP contribution in [0.5, 0.6) is 0 Å². The summed E-state index contributed by atoms with van der Waals surface area (Å²) in [7, 11) is 0. The third kappa shape index (κ3) is 3.55. The van der Waals surface area contributed by atoms with Crippen molar-refractivity contribution in [3.8, 4) is 0 Å². The summed E-state index contributed by atoms with van der Waals surface area (Å²) in [5, 5.41) is 8.73. The highest BCUT2D eigenvalue weighted by molar-refractivity contribution is 5.96. The molecule has 0 fully saturated rings. The number of aryl methyl sites for hydroxylation is 1. The summed E-state index contributed by atoms with van der Waals surface area (Å²) in [6.07, 6.45) is 0.618. The smallest absolute Gasteiger partial charge is 0.323 e. The Balaban J connectivity index is 2.97. The van der Waals surface area contributed by atoms with Crippen LogP contribution in [0.25, 0.3) is 0 Å². The lowest BCUT2D eigenvalue weighted by molar-refractivity contribution is -0.137. The molecule has 1 aromatic carbocycles. The molecule has 0 atom stereocenters. The summed E-state index contributed by atoms with van der Waals surface area (Å²) < 4.78 is 13.6. The quantitative estimate of drug-likeness (QED) is 0.874. The molecule has 0 radical (unpaired) electrons. The summed E-state index contributed by atoms with van der Waals surface area (Å²) in [4.78, 5) is 23.8. The molecular weight excluding hydrogens is 237 g/mol. The molecule has 18 heavy (non-hydrogen) atoms. The molecule has 0 spiro atoms. The van der Waals surface area contributed by atoms with Crippen LogP contribution in [0.3, 0.4) is 0 Å². The summed E-state index contributed by atoms with van der Waals surface area (Å²) in [6, 6.07) is 4.27. The number of carboxylic acids is 1. The molecule has 5 heteroatoms. The zero-order chi connectivity index (χ0) is 13.7. The topological polar surface area (TPSA) is 57.6 Å². The molecule has 0 aromatic heterocycles. The predicted octanol–water partition coefficient (Wildman–Crippen LogP) is 2.07. The van der Waals surface area contributed by atoms with Crippen molar-refractivity contribution in [2.24, 2.45) is 0 Å². The van der Waals surface area contributed by atoms with Crippen LogP contribution in [0.15, 0.2) is 18.2 Å². The number of halogens is 1. The van der Waals surface area contributed by atoms with Crippen molar-refractivity contribution in [3.63, 3.8) is 0 Å². The minimum absolute atomic E-state index is 0.0877. The Morgan fingerprint density at radius 2 is 2.06 bits per heavy atom. The van der Waals surface area contributed by atoms with Gasteiger partial charge in [-0.05, 0) is 31.0 Å². The molecular formula is C13H16FNO3. The van der Waals surface area contributed by atoms with Gasteiger partial charge in [-0.25, -0.2) is 4.39 Å². The summed E-state index contributed by atoms with van der Waals surface area (Å²) in [5.74, 6) is -2.31. The van der Waals surface area contributed by atoms with Crippen LogP contribution in [0.1, 0.15) is 29.3 Å². The third-order valence-corrected chi connectivity index (χ3v) is 2.46. The zero-order valence-corrected chi connectivity index (χ0v) is 10.4. The van der Waals surface area contributed by atoms with Crippen LogP contribution in [0, 0.1) is 12.7 Å². The number of benzene rings is 1. The molecule has 1 aromatic rings. The molecule has 0 unspecified atom stereocenters. The van der Waals surface area contributed by atoms with E-state index >= 15 is 0 Å². The van der Waals surface area contributed by atoms with E-state index < -0.39 is 24.2 Å². The Morgan fingerprint density at radius 1 is 1.39 bits per heavy atom. The van der Waals surface area contributed by atoms with Crippen LogP contribution < -0.4 is 0 Å². The number of carboxylic acid groups (broad SMARTS) is 1. The van der Waals surface area contributed by atoms with Crippen LogP contribution >= 0.6 is 0 Å². The van der Waals surface area contributed by atoms with Gasteiger partial charge in [-0.2, -0.15) is 0 Å². The molecule has 0 heterocycles. The lowest BCUT2D eigenvalue weighted by Gasteiger charge is -2.20. The number of carbonyl (C=O) groups is 2. The van der Waals surface area contributed by atoms with E-state index in [9.17, 15) is 14.0 Å². The summed E-state index contributed by atoms with van der Waals surface area (Å²) in [5.41, 5.74) is 0.625. The van der Waals surface area contributed by atoms with Gasteiger partial charge in [0.15, 0.2) is 0 Å². The number of amides is 1. The van der Waals surface area contributed by atoms with Gasteiger partial charge >= 0.3 is 5.97 Å². The Hall–Kier alpha value is -1.91. The minimum atomic E-state index is -1.11. The van der Waals surface area contributed by atoms with E-state index in [0.29, 0.717) is 18.5 Å². The highest BCUT2D eigenvalue weighted by Crippen LogP contribution is 2.13. The van der Waals surface area contributed by atoms with Crippen LogP contribution in [-0.4, -0.2) is 35.0 Å². The van der Waals surface area contributed by atoms with E-state index in [-0.39, 0.29) is 5.56 Å². The first-order chi connectivity index (χ1) is 8.45. The maximum atomic E-state index is 13.6. The van der Waals surface area contributed by atoms with Gasteiger partial charge in [0.2, 0.25) is 0 Å². The van der Waals surface area contributed by atoms with Crippen LogP contribution in [0.2, 0.25) is 0 Å². The van der Waals surface area contributed by atoms with Crippen LogP contribution in [-0.2, 0) is 4.79 Å². The van der Waals surface area contributed by atoms with E-state index in [1.54, 1.807) is 13.0 Å². The monoisotopic (exact) mass is 253 g/mol. The van der Waals surface area contributed by atoms with Crippen molar-refractivity contribution in [2.75, 3.05) is 13.1 Å². The second-order valence-electron chi connectivity index (χ2n) is 4.10. The summed E-state index contributed by atoms with van der Waals surface area (Å²) in [6.45, 7) is 3.42. The van der Waals surface area contributed by atoms with Gasteiger partial charge in [0.1, 0.15) is 12.4 Å². The van der Waals surface area contributed by atoms with Gasteiger partial charge < -0.3 is 10.0 Å². The Morgan fingerprint density at radius 3 is 2.56 bits per heavy atom. The maximum Gasteiger partial charge on any atom is 0.323 e. The van der Waals surface area contributed by atoms with Gasteiger partial charge in [-0.1, -0.05) is 13.0 Å². The number of rotatable bonds is 5. The molecule has 0 aliphatic rings. The average Bonchev–Trinajstić information content (AvgIpc) is 2.27. The molecule has 0 aliphatic carbocycles. The normalized spacial score (nSPS) is 10.2. The predicted molar refractivity (Wildman–Crippen MR) is 65.0 cm³/mol. The lowest BCUT2D eigenvalue weighted by atomic mass is 10.1. The third-order valence-electron chi connectivity index (χ3n) is 2.46. The molecule has 1 N–H and O–H groups in total. The first-order valence-corrected chi connectivity index (χ1v) is 5.73. The number of hydrogen-bond acceptors (Lipinski definition) is 2. The fourth-order valence-electron chi connectivity index (χ4n) is 1.65. The van der Waals surface area contributed by atoms with E-state index in [1.165, 1.54) is 12.1 Å². The zero-order valence-electron chi connectivity index (χ0n) is 10.4. The van der Waals surface area contributed by atoms with Crippen molar-refractivity contribution in [1.82, 2.24) is 4.90 Å². The molecule has 0 aliphatic heterocycles. The van der Waals surface area contributed by atoms with Crippen molar-refractivity contribution >= 4 is 11.9 Å². The minimum Gasteiger partial charge on any atom is -0.480 e. The largest absolute Gasteiger partial charge is 0.480 e. The molecule has 98 valence electrons. The van der Waals surface area contributed by atoms with E-state index in [2.05, 4.69) is 0 Å². The fourth-order valence-corrected chi connectivity index (χ4v) is 1.65. The first-order valence-electron chi connectivity index (χ1n) is 5.73. The van der Waals surface area contributed by atoms with Crippen LogP contribution in [0.4, 0.5) is 4.39 Å². The van der Waals surface area contributed by atoms with Gasteiger partial charge in [0, 0.05) is 6.54 Å². The molecule has 1 rings (SSSR count). The Bertz CT molecular complexity index is 460. The highest BCUT2D eigenvalue weighted by atomic mass is 19.1. The SMILES string of the molecule is CCCN(CC(=O)O)C(=O)c1ccc(C)cc1F. The second kappa shape index (κ2) is 6.14. The number of nitrogens with zero attached hydrogens (tertiary/aromatic N) is 1. The molecule has 0 bridgehead atoms. The molecule has 4 nitrogen and oxygen atoms in total. The Labute approximate surface area is 105 Å². The number of carbonyl (C=O) groups excluding carboxylic acids is 1. The Kier molecular flexibility index (Phi) is 4.83. The molecule has 0 saturated carbocycles. The van der Waals surface area contributed by atoms with E-state index in [1.807, 2.05) is 6.92 Å². The van der Waals surface area contributed by atoms with Gasteiger partial charge in [0.05, 0.1) is 5.56 Å². The number of aliphatic carboxylic acids is 1. The van der Waals surface area contributed by atoms with Crippen molar-refractivity contribution in [1.29, 1.82) is 0 Å². The van der Waals surface area contributed by atoms with Crippen molar-refractivity contribution in [2.45, 2.75) is 20.3 Å². The van der Waals surface area contributed by atoms with Crippen molar-refractivity contribution in [3.05, 3.63) is 35.1 Å². The highest BCUT2D eigenvalue weighted by Gasteiger charge is 2.20. The van der Waals surface area contributed by atoms with Crippen molar-refractivity contribution < 1.29 is 19.1 Å². The van der Waals surface area contributed by atoms with Gasteiger partial charge in [-0.15, -0.1) is 0 Å². The fraction of sp³-hybridized carbons (Fsp3) is 0.385. The number of hydrogen-bond donors (Lipinski definition) is 1.